The summed E-state index contributed by atoms with van der Waals surface area (Å²) in [6, 6.07) is 4.38. The predicted octanol–water partition coefficient (Wildman–Crippen LogP) is 2.53. The molecule has 2 aromatic heterocycles. The zero-order chi connectivity index (χ0) is 15.5. The van der Waals surface area contributed by atoms with Gasteiger partial charge in [-0.2, -0.15) is 5.10 Å². The third kappa shape index (κ3) is 3.69. The number of piperidine rings is 1. The van der Waals surface area contributed by atoms with Crippen molar-refractivity contribution in [1.29, 1.82) is 0 Å². The zero-order valence-electron chi connectivity index (χ0n) is 12.5. The van der Waals surface area contributed by atoms with E-state index in [1.807, 2.05) is 0 Å². The van der Waals surface area contributed by atoms with Crippen LogP contribution in [0.3, 0.4) is 0 Å². The van der Waals surface area contributed by atoms with Gasteiger partial charge in [-0.1, -0.05) is 17.7 Å². The topological polar surface area (TPSA) is 50.2 Å². The van der Waals surface area contributed by atoms with Crippen molar-refractivity contribution >= 4 is 28.8 Å². The Kier molecular flexibility index (Phi) is 4.81. The predicted molar refractivity (Wildman–Crippen MR) is 88.3 cm³/mol. The van der Waals surface area contributed by atoms with Crippen LogP contribution in [-0.2, 0) is 13.6 Å². The molecule has 5 nitrogen and oxygen atoms in total. The van der Waals surface area contributed by atoms with Gasteiger partial charge in [0.1, 0.15) is 0 Å². The van der Waals surface area contributed by atoms with Gasteiger partial charge in [0, 0.05) is 37.3 Å². The zero-order valence-corrected chi connectivity index (χ0v) is 14.0. The van der Waals surface area contributed by atoms with Gasteiger partial charge in [-0.25, -0.2) is 0 Å². The Morgan fingerprint density at radius 2 is 2.45 bits per heavy atom. The first-order chi connectivity index (χ1) is 10.6. The first kappa shape index (κ1) is 15.5. The highest BCUT2D eigenvalue weighted by atomic mass is 35.5. The lowest BCUT2D eigenvalue weighted by Crippen LogP contribution is -2.47. The molecule has 2 aromatic rings. The highest BCUT2D eigenvalue weighted by molar-refractivity contribution is 7.09. The molecule has 118 valence electrons. The molecule has 0 radical (unpaired) electrons. The van der Waals surface area contributed by atoms with Crippen LogP contribution in [0.2, 0.25) is 5.02 Å². The summed E-state index contributed by atoms with van der Waals surface area (Å²) in [5.74, 6) is -0.187. The largest absolute Gasteiger partial charge is 0.347 e. The van der Waals surface area contributed by atoms with Gasteiger partial charge in [-0.15, -0.1) is 11.3 Å². The van der Waals surface area contributed by atoms with Crippen molar-refractivity contribution in [3.8, 4) is 0 Å². The third-order valence-electron chi connectivity index (χ3n) is 3.80. The van der Waals surface area contributed by atoms with Crippen molar-refractivity contribution < 1.29 is 4.79 Å². The summed E-state index contributed by atoms with van der Waals surface area (Å²) in [6.45, 7) is 2.90. The van der Waals surface area contributed by atoms with Gasteiger partial charge in [0.15, 0.2) is 5.69 Å². The lowest BCUT2D eigenvalue weighted by atomic mass is 10.1. The first-order valence-electron chi connectivity index (χ1n) is 7.36. The quantitative estimate of drug-likeness (QED) is 0.932. The Bertz CT molecular complexity index is 640. The molecule has 1 saturated heterocycles. The first-order valence-corrected chi connectivity index (χ1v) is 8.62. The SMILES string of the molecule is Cn1cc(Cl)c(C(=O)NC2CCCN(Cc3cccs3)C2)n1. The van der Waals surface area contributed by atoms with E-state index >= 15 is 0 Å². The molecular formula is C15H19ClN4OS. The van der Waals surface area contributed by atoms with Crippen LogP contribution in [0.4, 0.5) is 0 Å². The fourth-order valence-corrected chi connectivity index (χ4v) is 3.82. The number of amides is 1. The Labute approximate surface area is 138 Å². The normalized spacial score (nSPS) is 19.3. The van der Waals surface area contributed by atoms with Crippen LogP contribution in [0, 0.1) is 0 Å². The number of hydrogen-bond acceptors (Lipinski definition) is 4. The van der Waals surface area contributed by atoms with E-state index in [0.29, 0.717) is 10.7 Å². The molecule has 0 aromatic carbocycles. The molecule has 0 bridgehead atoms. The van der Waals surface area contributed by atoms with E-state index in [9.17, 15) is 4.79 Å². The van der Waals surface area contributed by atoms with E-state index in [4.69, 9.17) is 11.6 Å². The molecule has 3 rings (SSSR count). The van der Waals surface area contributed by atoms with Gasteiger partial charge in [0.25, 0.3) is 5.91 Å². The molecule has 3 heterocycles. The van der Waals surface area contributed by atoms with E-state index in [2.05, 4.69) is 32.8 Å². The molecule has 1 N–H and O–H groups in total. The van der Waals surface area contributed by atoms with E-state index in [1.165, 1.54) is 4.88 Å². The van der Waals surface area contributed by atoms with Gasteiger partial charge < -0.3 is 5.32 Å². The minimum atomic E-state index is -0.187. The molecule has 0 aliphatic carbocycles. The minimum absolute atomic E-state index is 0.152. The van der Waals surface area contributed by atoms with Crippen molar-refractivity contribution in [2.24, 2.45) is 7.05 Å². The number of likely N-dealkylation sites (tertiary alicyclic amines) is 1. The van der Waals surface area contributed by atoms with Crippen molar-refractivity contribution in [2.45, 2.75) is 25.4 Å². The smallest absolute Gasteiger partial charge is 0.273 e. The van der Waals surface area contributed by atoms with Gasteiger partial charge >= 0.3 is 0 Å². The summed E-state index contributed by atoms with van der Waals surface area (Å²) in [5.41, 5.74) is 0.305. The average Bonchev–Trinajstić information content (AvgIpc) is 3.09. The summed E-state index contributed by atoms with van der Waals surface area (Å²) in [5, 5.41) is 9.67. The second-order valence-corrected chi connectivity index (χ2v) is 7.07. The van der Waals surface area contributed by atoms with Gasteiger partial charge in [-0.3, -0.25) is 14.4 Å². The molecule has 1 atom stereocenters. The Hall–Kier alpha value is -1.37. The average molecular weight is 339 g/mol. The standard InChI is InChI=1S/C15H19ClN4OS/c1-19-10-13(16)14(18-19)15(21)17-11-4-2-6-20(8-11)9-12-5-3-7-22-12/h3,5,7,10-11H,2,4,6,8-9H2,1H3,(H,17,21). The lowest BCUT2D eigenvalue weighted by molar-refractivity contribution is 0.0895. The summed E-state index contributed by atoms with van der Waals surface area (Å²) in [6.07, 6.45) is 3.73. The van der Waals surface area contributed by atoms with E-state index < -0.39 is 0 Å². The van der Waals surface area contributed by atoms with Crippen LogP contribution in [0.25, 0.3) is 0 Å². The number of aryl methyl sites for hydroxylation is 1. The minimum Gasteiger partial charge on any atom is -0.347 e. The molecule has 1 aliphatic heterocycles. The lowest BCUT2D eigenvalue weighted by Gasteiger charge is -2.32. The monoisotopic (exact) mass is 338 g/mol. The molecule has 22 heavy (non-hydrogen) atoms. The van der Waals surface area contributed by atoms with E-state index in [-0.39, 0.29) is 11.9 Å². The molecular weight excluding hydrogens is 320 g/mol. The number of nitrogens with one attached hydrogen (secondary N) is 1. The highest BCUT2D eigenvalue weighted by Crippen LogP contribution is 2.18. The van der Waals surface area contributed by atoms with Crippen molar-refractivity contribution in [2.75, 3.05) is 13.1 Å². The number of carbonyl (C=O) groups is 1. The van der Waals surface area contributed by atoms with Crippen LogP contribution in [0.15, 0.2) is 23.7 Å². The van der Waals surface area contributed by atoms with Crippen LogP contribution < -0.4 is 5.32 Å². The van der Waals surface area contributed by atoms with Crippen LogP contribution in [-0.4, -0.2) is 39.7 Å². The number of aromatic nitrogens is 2. The second-order valence-electron chi connectivity index (χ2n) is 5.63. The van der Waals surface area contributed by atoms with Gasteiger partial charge in [-0.05, 0) is 30.8 Å². The Morgan fingerprint density at radius 3 is 3.14 bits per heavy atom. The number of carbonyl (C=O) groups excluding carboxylic acids is 1. The number of hydrogen-bond donors (Lipinski definition) is 1. The number of rotatable bonds is 4. The maximum atomic E-state index is 12.3. The van der Waals surface area contributed by atoms with E-state index in [1.54, 1.807) is 29.3 Å². The van der Waals surface area contributed by atoms with Gasteiger partial charge in [0.2, 0.25) is 0 Å². The van der Waals surface area contributed by atoms with Crippen molar-refractivity contribution in [1.82, 2.24) is 20.0 Å². The summed E-state index contributed by atoms with van der Waals surface area (Å²) in [7, 11) is 1.76. The molecule has 1 aliphatic rings. The third-order valence-corrected chi connectivity index (χ3v) is 4.94. The fraction of sp³-hybridized carbons (Fsp3) is 0.467. The molecule has 7 heteroatoms. The summed E-state index contributed by atoms with van der Waals surface area (Å²) in [4.78, 5) is 16.0. The second kappa shape index (κ2) is 6.81. The molecule has 0 saturated carbocycles. The summed E-state index contributed by atoms with van der Waals surface area (Å²) >= 11 is 7.80. The molecule has 0 spiro atoms. The summed E-state index contributed by atoms with van der Waals surface area (Å²) < 4.78 is 1.56. The number of thiophene rings is 1. The maximum absolute atomic E-state index is 12.3. The number of halogens is 1. The highest BCUT2D eigenvalue weighted by Gasteiger charge is 2.24. The number of nitrogens with zero attached hydrogens (tertiary/aromatic N) is 3. The fourth-order valence-electron chi connectivity index (χ4n) is 2.81. The van der Waals surface area contributed by atoms with Crippen LogP contribution in [0.1, 0.15) is 28.2 Å². The Morgan fingerprint density at radius 1 is 1.59 bits per heavy atom. The van der Waals surface area contributed by atoms with Gasteiger partial charge in [0.05, 0.1) is 5.02 Å². The van der Waals surface area contributed by atoms with Crippen molar-refractivity contribution in [3.05, 3.63) is 39.3 Å². The molecule has 1 fully saturated rings. The Balaban J connectivity index is 1.58. The molecule has 1 unspecified atom stereocenters. The van der Waals surface area contributed by atoms with E-state index in [0.717, 1.165) is 32.5 Å². The van der Waals surface area contributed by atoms with Crippen LogP contribution >= 0.6 is 22.9 Å². The molecule has 1 amide bonds. The maximum Gasteiger partial charge on any atom is 0.273 e. The van der Waals surface area contributed by atoms with Crippen molar-refractivity contribution in [3.63, 3.8) is 0 Å². The van der Waals surface area contributed by atoms with Crippen LogP contribution in [0.5, 0.6) is 0 Å².